The first-order chi connectivity index (χ1) is 10.1. The van der Waals surface area contributed by atoms with E-state index in [1.165, 1.54) is 17.5 Å². The number of aryl methyl sites for hydroxylation is 1. The van der Waals surface area contributed by atoms with Gasteiger partial charge < -0.3 is 15.0 Å². The number of hydrogen-bond acceptors (Lipinski definition) is 3. The van der Waals surface area contributed by atoms with Gasteiger partial charge in [0.15, 0.2) is 0 Å². The summed E-state index contributed by atoms with van der Waals surface area (Å²) in [6.45, 7) is 8.93. The summed E-state index contributed by atoms with van der Waals surface area (Å²) in [5, 5.41) is 3.70. The Balaban J connectivity index is 2.25. The van der Waals surface area contributed by atoms with Gasteiger partial charge in [-0.3, -0.25) is 0 Å². The van der Waals surface area contributed by atoms with E-state index in [-0.39, 0.29) is 0 Å². The van der Waals surface area contributed by atoms with Crippen molar-refractivity contribution in [2.24, 2.45) is 5.92 Å². The van der Waals surface area contributed by atoms with E-state index in [9.17, 15) is 0 Å². The molecule has 2 atom stereocenters. The van der Waals surface area contributed by atoms with Crippen LogP contribution in [-0.2, 0) is 6.42 Å². The van der Waals surface area contributed by atoms with Crippen molar-refractivity contribution in [1.82, 2.24) is 10.2 Å². The van der Waals surface area contributed by atoms with Gasteiger partial charge in [0.2, 0.25) is 0 Å². The highest BCUT2D eigenvalue weighted by atomic mass is 16.5. The fourth-order valence-corrected chi connectivity index (χ4v) is 3.56. The molecule has 3 heteroatoms. The lowest BCUT2D eigenvalue weighted by Crippen LogP contribution is -2.46. The van der Waals surface area contributed by atoms with Gasteiger partial charge in [-0.05, 0) is 55.6 Å². The van der Waals surface area contributed by atoms with Crippen LogP contribution in [0.1, 0.15) is 44.4 Å². The Hall–Kier alpha value is -1.06. The van der Waals surface area contributed by atoms with Crippen molar-refractivity contribution >= 4 is 0 Å². The fourth-order valence-electron chi connectivity index (χ4n) is 3.56. The predicted octanol–water partition coefficient (Wildman–Crippen LogP) is 3.25. The minimum Gasteiger partial charge on any atom is -0.497 e. The van der Waals surface area contributed by atoms with Crippen molar-refractivity contribution in [2.75, 3.05) is 27.2 Å². The molecular formula is C18H30N2O. The molecule has 0 saturated carbocycles. The van der Waals surface area contributed by atoms with Gasteiger partial charge in [-0.1, -0.05) is 26.8 Å². The van der Waals surface area contributed by atoms with Crippen LogP contribution in [0.5, 0.6) is 5.75 Å². The van der Waals surface area contributed by atoms with Crippen molar-refractivity contribution in [3.63, 3.8) is 0 Å². The molecule has 118 valence electrons. The topological polar surface area (TPSA) is 24.5 Å². The molecule has 1 N–H and O–H groups in total. The smallest absolute Gasteiger partial charge is 0.119 e. The van der Waals surface area contributed by atoms with Crippen LogP contribution in [0.15, 0.2) is 18.2 Å². The van der Waals surface area contributed by atoms with Gasteiger partial charge >= 0.3 is 0 Å². The maximum absolute atomic E-state index is 5.37. The molecule has 21 heavy (non-hydrogen) atoms. The molecule has 1 aromatic carbocycles. The number of nitrogens with one attached hydrogen (secondary N) is 1. The molecule has 0 heterocycles. The second kappa shape index (κ2) is 7.28. The van der Waals surface area contributed by atoms with Crippen LogP contribution in [0.3, 0.4) is 0 Å². The first-order valence-electron chi connectivity index (χ1n) is 8.17. The quantitative estimate of drug-likeness (QED) is 0.870. The van der Waals surface area contributed by atoms with E-state index >= 15 is 0 Å². The highest BCUT2D eigenvalue weighted by Gasteiger charge is 2.31. The number of likely N-dealkylation sites (N-methyl/N-ethyl adjacent to an activating group) is 2. The molecule has 0 aliphatic heterocycles. The molecule has 0 fully saturated rings. The average Bonchev–Trinajstić information content (AvgIpc) is 2.46. The van der Waals surface area contributed by atoms with Crippen molar-refractivity contribution < 1.29 is 4.74 Å². The summed E-state index contributed by atoms with van der Waals surface area (Å²) < 4.78 is 5.37. The maximum Gasteiger partial charge on any atom is 0.119 e. The third-order valence-electron chi connectivity index (χ3n) is 4.42. The lowest BCUT2D eigenvalue weighted by atomic mass is 9.83. The summed E-state index contributed by atoms with van der Waals surface area (Å²) in [6.07, 6.45) is 2.35. The predicted molar refractivity (Wildman–Crippen MR) is 89.0 cm³/mol. The van der Waals surface area contributed by atoms with Gasteiger partial charge in [0, 0.05) is 18.6 Å². The van der Waals surface area contributed by atoms with Crippen LogP contribution in [0.25, 0.3) is 0 Å². The number of ether oxygens (including phenoxy) is 1. The zero-order valence-electron chi connectivity index (χ0n) is 14.1. The summed E-state index contributed by atoms with van der Waals surface area (Å²) in [4.78, 5) is 2.53. The average molecular weight is 290 g/mol. The van der Waals surface area contributed by atoms with Crippen LogP contribution < -0.4 is 10.1 Å². The number of rotatable bonds is 6. The molecule has 0 radical (unpaired) electrons. The maximum atomic E-state index is 5.37. The fraction of sp³-hybridized carbons (Fsp3) is 0.667. The van der Waals surface area contributed by atoms with E-state index in [0.29, 0.717) is 18.0 Å². The molecule has 1 aliphatic rings. The summed E-state index contributed by atoms with van der Waals surface area (Å²) in [5.41, 5.74) is 2.89. The van der Waals surface area contributed by atoms with E-state index in [0.717, 1.165) is 25.3 Å². The van der Waals surface area contributed by atoms with Gasteiger partial charge in [-0.25, -0.2) is 0 Å². The van der Waals surface area contributed by atoms with Gasteiger partial charge in [-0.2, -0.15) is 0 Å². The monoisotopic (exact) mass is 290 g/mol. The Labute approximate surface area is 129 Å². The van der Waals surface area contributed by atoms with Crippen molar-refractivity contribution in [2.45, 2.75) is 45.7 Å². The van der Waals surface area contributed by atoms with E-state index in [1.807, 2.05) is 0 Å². The molecule has 0 bridgehead atoms. The Morgan fingerprint density at radius 1 is 1.38 bits per heavy atom. The van der Waals surface area contributed by atoms with Crippen LogP contribution in [0, 0.1) is 5.92 Å². The summed E-state index contributed by atoms with van der Waals surface area (Å²) >= 11 is 0. The highest BCUT2D eigenvalue weighted by Crippen LogP contribution is 2.34. The van der Waals surface area contributed by atoms with E-state index in [2.05, 4.69) is 56.2 Å². The third kappa shape index (κ3) is 3.78. The van der Waals surface area contributed by atoms with Crippen molar-refractivity contribution in [1.29, 1.82) is 0 Å². The van der Waals surface area contributed by atoms with Crippen LogP contribution in [0.4, 0.5) is 0 Å². The number of fused-ring (bicyclic) bond motifs is 1. The number of hydrogen-bond donors (Lipinski definition) is 1. The van der Waals surface area contributed by atoms with Crippen LogP contribution in [-0.4, -0.2) is 38.2 Å². The Morgan fingerprint density at radius 3 is 2.76 bits per heavy atom. The first kappa shape index (κ1) is 16.3. The SMILES string of the molecule is CCNC1c2ccc(OC)cc2CCC1N(C)CC(C)C. The summed E-state index contributed by atoms with van der Waals surface area (Å²) in [5.74, 6) is 1.67. The Bertz CT molecular complexity index is 459. The molecule has 1 aromatic rings. The third-order valence-corrected chi connectivity index (χ3v) is 4.42. The first-order valence-corrected chi connectivity index (χ1v) is 8.17. The number of benzene rings is 1. The lowest BCUT2D eigenvalue weighted by molar-refractivity contribution is 0.158. The second-order valence-corrected chi connectivity index (χ2v) is 6.54. The van der Waals surface area contributed by atoms with Crippen LogP contribution in [0.2, 0.25) is 0 Å². The van der Waals surface area contributed by atoms with Crippen molar-refractivity contribution in [3.05, 3.63) is 29.3 Å². The lowest BCUT2D eigenvalue weighted by Gasteiger charge is -2.40. The number of nitrogens with zero attached hydrogens (tertiary/aromatic N) is 1. The minimum absolute atomic E-state index is 0.424. The molecule has 2 rings (SSSR count). The van der Waals surface area contributed by atoms with Gasteiger partial charge in [0.1, 0.15) is 5.75 Å². The zero-order chi connectivity index (χ0) is 15.4. The molecule has 1 aliphatic carbocycles. The number of methoxy groups -OCH3 is 1. The Morgan fingerprint density at radius 2 is 2.14 bits per heavy atom. The minimum atomic E-state index is 0.424. The van der Waals surface area contributed by atoms with Gasteiger partial charge in [0.05, 0.1) is 7.11 Å². The Kier molecular flexibility index (Phi) is 5.65. The standard InChI is InChI=1S/C18H30N2O/c1-6-19-18-16-9-8-15(21-5)11-14(16)7-10-17(18)20(4)12-13(2)3/h8-9,11,13,17-19H,6-7,10,12H2,1-5H3. The van der Waals surface area contributed by atoms with Crippen LogP contribution >= 0.6 is 0 Å². The van der Waals surface area contributed by atoms with E-state index in [1.54, 1.807) is 7.11 Å². The normalized spacial score (nSPS) is 21.7. The molecule has 2 unspecified atom stereocenters. The summed E-state index contributed by atoms with van der Waals surface area (Å²) in [6, 6.07) is 7.55. The van der Waals surface area contributed by atoms with E-state index < -0.39 is 0 Å². The van der Waals surface area contributed by atoms with E-state index in [4.69, 9.17) is 4.74 Å². The van der Waals surface area contributed by atoms with Gasteiger partial charge in [-0.15, -0.1) is 0 Å². The molecule has 0 aromatic heterocycles. The van der Waals surface area contributed by atoms with Gasteiger partial charge in [0.25, 0.3) is 0 Å². The largest absolute Gasteiger partial charge is 0.497 e. The second-order valence-electron chi connectivity index (χ2n) is 6.54. The zero-order valence-corrected chi connectivity index (χ0v) is 14.1. The molecule has 0 saturated heterocycles. The molecule has 0 amide bonds. The highest BCUT2D eigenvalue weighted by molar-refractivity contribution is 5.40. The molecular weight excluding hydrogens is 260 g/mol. The molecule has 0 spiro atoms. The van der Waals surface area contributed by atoms with Crippen molar-refractivity contribution in [3.8, 4) is 5.75 Å². The molecule has 3 nitrogen and oxygen atoms in total. The summed E-state index contributed by atoms with van der Waals surface area (Å²) in [7, 11) is 4.01.